The quantitative estimate of drug-likeness (QED) is 0.886. The maximum atomic E-state index is 12.1. The molecule has 5 nitrogen and oxygen atoms in total. The van der Waals surface area contributed by atoms with Crippen molar-refractivity contribution >= 4 is 23.2 Å². The Balaban J connectivity index is 1.94. The van der Waals surface area contributed by atoms with Crippen molar-refractivity contribution < 1.29 is 19.4 Å². The van der Waals surface area contributed by atoms with Crippen LogP contribution < -0.4 is 0 Å². The second-order valence-electron chi connectivity index (χ2n) is 4.63. The molecule has 2 heterocycles. The second-order valence-corrected chi connectivity index (χ2v) is 5.41. The molecule has 6 heteroatoms. The molecule has 2 atom stereocenters. The van der Waals surface area contributed by atoms with Crippen LogP contribution in [0.2, 0.25) is 0 Å². The zero-order chi connectivity index (χ0) is 13.8. The molecule has 2 unspecified atom stereocenters. The first-order valence-corrected chi connectivity index (χ1v) is 7.12. The van der Waals surface area contributed by atoms with Crippen LogP contribution in [-0.4, -0.2) is 47.7 Å². The van der Waals surface area contributed by atoms with Gasteiger partial charge in [-0.2, -0.15) is 11.3 Å². The van der Waals surface area contributed by atoms with Gasteiger partial charge >= 0.3 is 5.97 Å². The smallest absolute Gasteiger partial charge is 0.326 e. The summed E-state index contributed by atoms with van der Waals surface area (Å²) in [5.41, 5.74) is 1.12. The van der Waals surface area contributed by atoms with E-state index in [1.54, 1.807) is 18.4 Å². The van der Waals surface area contributed by atoms with E-state index in [1.807, 2.05) is 16.8 Å². The molecule has 1 saturated heterocycles. The van der Waals surface area contributed by atoms with E-state index >= 15 is 0 Å². The molecule has 104 valence electrons. The van der Waals surface area contributed by atoms with Crippen LogP contribution in [0.4, 0.5) is 0 Å². The van der Waals surface area contributed by atoms with E-state index in [-0.39, 0.29) is 12.0 Å². The van der Waals surface area contributed by atoms with Crippen molar-refractivity contribution in [1.29, 1.82) is 0 Å². The summed E-state index contributed by atoms with van der Waals surface area (Å²) in [6, 6.07) is 1.23. The van der Waals surface area contributed by atoms with E-state index in [9.17, 15) is 9.59 Å². The maximum absolute atomic E-state index is 12.1. The van der Waals surface area contributed by atoms with Crippen LogP contribution in [0.5, 0.6) is 0 Å². The number of thiophene rings is 1. The Morgan fingerprint density at radius 1 is 1.58 bits per heavy atom. The molecule has 0 radical (unpaired) electrons. The van der Waals surface area contributed by atoms with Gasteiger partial charge in [0.25, 0.3) is 0 Å². The van der Waals surface area contributed by atoms with Gasteiger partial charge in [-0.05, 0) is 28.8 Å². The lowest BCUT2D eigenvalue weighted by Gasteiger charge is -2.21. The number of carboxylic acids is 1. The predicted octanol–water partition coefficient (Wildman–Crippen LogP) is 1.38. The zero-order valence-electron chi connectivity index (χ0n) is 10.7. The van der Waals surface area contributed by atoms with Gasteiger partial charge in [-0.15, -0.1) is 0 Å². The van der Waals surface area contributed by atoms with Gasteiger partial charge in [0.05, 0.1) is 6.10 Å². The summed E-state index contributed by atoms with van der Waals surface area (Å²) >= 11 is 1.59. The number of carbonyl (C=O) groups excluding carboxylic acids is 1. The number of hydrogen-bond acceptors (Lipinski definition) is 4. The molecule has 1 aromatic rings. The Morgan fingerprint density at radius 3 is 2.95 bits per heavy atom. The van der Waals surface area contributed by atoms with E-state index < -0.39 is 12.0 Å². The molecule has 1 N–H and O–H groups in total. The normalized spacial score (nSPS) is 22.7. The van der Waals surface area contributed by atoms with Crippen LogP contribution in [0.25, 0.3) is 0 Å². The van der Waals surface area contributed by atoms with Gasteiger partial charge in [0.1, 0.15) is 6.04 Å². The van der Waals surface area contributed by atoms with Gasteiger partial charge in [0.2, 0.25) is 5.91 Å². The minimum atomic E-state index is -0.955. The molecule has 0 aliphatic carbocycles. The largest absolute Gasteiger partial charge is 0.480 e. The SMILES string of the molecule is COC1CC(C(=O)O)N(C(=O)CCc2ccsc2)C1. The van der Waals surface area contributed by atoms with Gasteiger partial charge in [-0.3, -0.25) is 4.79 Å². The highest BCUT2D eigenvalue weighted by Gasteiger charge is 2.39. The molecule has 0 aromatic carbocycles. The molecule has 0 bridgehead atoms. The van der Waals surface area contributed by atoms with Crippen molar-refractivity contribution in [2.24, 2.45) is 0 Å². The predicted molar refractivity (Wildman–Crippen MR) is 71.2 cm³/mol. The van der Waals surface area contributed by atoms with E-state index in [4.69, 9.17) is 9.84 Å². The first kappa shape index (κ1) is 14.0. The Bertz CT molecular complexity index is 446. The topological polar surface area (TPSA) is 66.8 Å². The molecule has 1 aliphatic rings. The van der Waals surface area contributed by atoms with Gasteiger partial charge in [-0.1, -0.05) is 0 Å². The van der Waals surface area contributed by atoms with Crippen molar-refractivity contribution in [2.45, 2.75) is 31.4 Å². The summed E-state index contributed by atoms with van der Waals surface area (Å²) in [5.74, 6) is -1.07. The summed E-state index contributed by atoms with van der Waals surface area (Å²) in [4.78, 5) is 24.7. The number of hydrogen-bond donors (Lipinski definition) is 1. The van der Waals surface area contributed by atoms with Gasteiger partial charge in [0.15, 0.2) is 0 Å². The number of carboxylic acid groups (broad SMARTS) is 1. The molecule has 0 saturated carbocycles. The van der Waals surface area contributed by atoms with E-state index in [0.29, 0.717) is 25.8 Å². The minimum Gasteiger partial charge on any atom is -0.480 e. The first-order chi connectivity index (χ1) is 9.11. The summed E-state index contributed by atoms with van der Waals surface area (Å²) < 4.78 is 5.17. The zero-order valence-corrected chi connectivity index (χ0v) is 11.6. The standard InChI is InChI=1S/C13H17NO4S/c1-18-10-6-11(13(16)17)14(7-10)12(15)3-2-9-4-5-19-8-9/h4-5,8,10-11H,2-3,6-7H2,1H3,(H,16,17). The lowest BCUT2D eigenvalue weighted by Crippen LogP contribution is -2.40. The lowest BCUT2D eigenvalue weighted by molar-refractivity contribution is -0.148. The summed E-state index contributed by atoms with van der Waals surface area (Å²) in [6.45, 7) is 0.371. The van der Waals surface area contributed by atoms with E-state index in [0.717, 1.165) is 5.56 Å². The fraction of sp³-hybridized carbons (Fsp3) is 0.538. The molecule has 1 amide bonds. The Labute approximate surface area is 115 Å². The van der Waals surface area contributed by atoms with Crippen LogP contribution in [0, 0.1) is 0 Å². The van der Waals surface area contributed by atoms with Crippen LogP contribution >= 0.6 is 11.3 Å². The summed E-state index contributed by atoms with van der Waals surface area (Å²) in [7, 11) is 1.54. The maximum Gasteiger partial charge on any atom is 0.326 e. The molecule has 2 rings (SSSR count). The first-order valence-electron chi connectivity index (χ1n) is 6.18. The molecular weight excluding hydrogens is 266 g/mol. The number of aliphatic carboxylic acids is 1. The fourth-order valence-electron chi connectivity index (χ4n) is 2.31. The highest BCUT2D eigenvalue weighted by atomic mass is 32.1. The minimum absolute atomic E-state index is 0.113. The Hall–Kier alpha value is -1.40. The molecule has 1 aliphatic heterocycles. The van der Waals surface area contributed by atoms with Crippen molar-refractivity contribution in [2.75, 3.05) is 13.7 Å². The van der Waals surface area contributed by atoms with E-state index in [1.165, 1.54) is 4.90 Å². The molecule has 0 spiro atoms. The van der Waals surface area contributed by atoms with Crippen LogP contribution in [-0.2, 0) is 20.7 Å². The van der Waals surface area contributed by atoms with Gasteiger partial charge < -0.3 is 14.7 Å². The van der Waals surface area contributed by atoms with Crippen LogP contribution in [0.1, 0.15) is 18.4 Å². The third kappa shape index (κ3) is 3.33. The number of carbonyl (C=O) groups is 2. The van der Waals surface area contributed by atoms with E-state index in [2.05, 4.69) is 0 Å². The molecule has 19 heavy (non-hydrogen) atoms. The van der Waals surface area contributed by atoms with Crippen molar-refractivity contribution in [3.63, 3.8) is 0 Å². The Kier molecular flexibility index (Phi) is 4.55. The molecule has 1 fully saturated rings. The average molecular weight is 283 g/mol. The van der Waals surface area contributed by atoms with Crippen LogP contribution in [0.3, 0.4) is 0 Å². The third-order valence-electron chi connectivity index (χ3n) is 3.41. The fourth-order valence-corrected chi connectivity index (χ4v) is 3.01. The highest BCUT2D eigenvalue weighted by molar-refractivity contribution is 7.07. The van der Waals surface area contributed by atoms with Gasteiger partial charge in [-0.25, -0.2) is 4.79 Å². The molecule has 1 aromatic heterocycles. The number of methoxy groups -OCH3 is 1. The Morgan fingerprint density at radius 2 is 2.37 bits per heavy atom. The van der Waals surface area contributed by atoms with Crippen molar-refractivity contribution in [3.05, 3.63) is 22.4 Å². The number of ether oxygens (including phenoxy) is 1. The average Bonchev–Trinajstić information content (AvgIpc) is 3.04. The number of amides is 1. The second kappa shape index (κ2) is 6.16. The summed E-state index contributed by atoms with van der Waals surface area (Å²) in [5, 5.41) is 13.1. The van der Waals surface area contributed by atoms with Crippen molar-refractivity contribution in [1.82, 2.24) is 4.90 Å². The van der Waals surface area contributed by atoms with Gasteiger partial charge in [0, 0.05) is 26.5 Å². The molecular formula is C13H17NO4S. The number of aryl methyl sites for hydroxylation is 1. The summed E-state index contributed by atoms with van der Waals surface area (Å²) in [6.07, 6.45) is 1.20. The van der Waals surface area contributed by atoms with Crippen molar-refractivity contribution in [3.8, 4) is 0 Å². The lowest BCUT2D eigenvalue weighted by atomic mass is 10.1. The number of likely N-dealkylation sites (tertiary alicyclic amines) is 1. The third-order valence-corrected chi connectivity index (χ3v) is 4.14. The highest BCUT2D eigenvalue weighted by Crippen LogP contribution is 2.22. The number of rotatable bonds is 5. The van der Waals surface area contributed by atoms with Crippen LogP contribution in [0.15, 0.2) is 16.8 Å². The number of nitrogens with zero attached hydrogens (tertiary/aromatic N) is 1. The monoisotopic (exact) mass is 283 g/mol.